The van der Waals surface area contributed by atoms with E-state index in [0.29, 0.717) is 12.2 Å². The normalized spacial score (nSPS) is 13.8. The summed E-state index contributed by atoms with van der Waals surface area (Å²) in [7, 11) is 0. The maximum atomic E-state index is 12.2. The Balaban J connectivity index is 1.91. The molecular formula is C16H22N2O3. The standard InChI is InChI=1S/C16H22N2O3/c1-12-4-8-14(9-5-12)18(11-15(19)20)16(21)17-10-2-3-13-6-7-13/h4-5,8-9,13H,2-3,6-7,10-11H2,1H3,(H,17,21)(H,19,20). The molecule has 0 unspecified atom stereocenters. The van der Waals surface area contributed by atoms with Crippen molar-refractivity contribution in [3.8, 4) is 0 Å². The Bertz CT molecular complexity index is 495. The monoisotopic (exact) mass is 290 g/mol. The molecule has 0 aliphatic heterocycles. The predicted molar refractivity (Wildman–Crippen MR) is 81.5 cm³/mol. The Morgan fingerprint density at radius 2 is 1.95 bits per heavy atom. The number of benzene rings is 1. The van der Waals surface area contributed by atoms with Gasteiger partial charge < -0.3 is 10.4 Å². The second kappa shape index (κ2) is 7.11. The molecule has 114 valence electrons. The highest BCUT2D eigenvalue weighted by Crippen LogP contribution is 2.33. The maximum absolute atomic E-state index is 12.2. The zero-order valence-corrected chi connectivity index (χ0v) is 12.3. The number of anilines is 1. The van der Waals surface area contributed by atoms with Crippen LogP contribution in [0.3, 0.4) is 0 Å². The van der Waals surface area contributed by atoms with Gasteiger partial charge in [0.25, 0.3) is 0 Å². The first-order chi connectivity index (χ1) is 10.1. The van der Waals surface area contributed by atoms with Gasteiger partial charge in [-0.15, -0.1) is 0 Å². The molecule has 1 aromatic rings. The third-order valence-electron chi connectivity index (χ3n) is 3.65. The van der Waals surface area contributed by atoms with E-state index in [1.54, 1.807) is 12.1 Å². The van der Waals surface area contributed by atoms with Crippen molar-refractivity contribution < 1.29 is 14.7 Å². The molecule has 1 saturated carbocycles. The van der Waals surface area contributed by atoms with E-state index < -0.39 is 5.97 Å². The van der Waals surface area contributed by atoms with Crippen LogP contribution in [0.2, 0.25) is 0 Å². The Hall–Kier alpha value is -2.04. The summed E-state index contributed by atoms with van der Waals surface area (Å²) in [6.45, 7) is 2.21. The first-order valence-corrected chi connectivity index (χ1v) is 7.40. The summed E-state index contributed by atoms with van der Waals surface area (Å²) in [4.78, 5) is 24.4. The molecule has 1 aliphatic carbocycles. The fourth-order valence-corrected chi connectivity index (χ4v) is 2.23. The van der Waals surface area contributed by atoms with E-state index in [0.717, 1.165) is 24.3 Å². The van der Waals surface area contributed by atoms with Crippen LogP contribution in [0.1, 0.15) is 31.2 Å². The topological polar surface area (TPSA) is 69.6 Å². The van der Waals surface area contributed by atoms with Crippen molar-refractivity contribution in [1.29, 1.82) is 0 Å². The number of aliphatic carboxylic acids is 1. The minimum Gasteiger partial charge on any atom is -0.480 e. The quantitative estimate of drug-likeness (QED) is 0.759. The summed E-state index contributed by atoms with van der Waals surface area (Å²) in [6.07, 6.45) is 4.71. The molecule has 5 nitrogen and oxygen atoms in total. The molecule has 1 aliphatic rings. The van der Waals surface area contributed by atoms with Gasteiger partial charge in [0.2, 0.25) is 0 Å². The summed E-state index contributed by atoms with van der Waals surface area (Å²) >= 11 is 0. The molecule has 1 fully saturated rings. The lowest BCUT2D eigenvalue weighted by Crippen LogP contribution is -2.43. The summed E-state index contributed by atoms with van der Waals surface area (Å²) in [6, 6.07) is 6.91. The van der Waals surface area contributed by atoms with Gasteiger partial charge in [0.1, 0.15) is 6.54 Å². The van der Waals surface area contributed by atoms with Crippen molar-refractivity contribution in [3.63, 3.8) is 0 Å². The molecule has 2 N–H and O–H groups in total. The molecule has 0 spiro atoms. The fourth-order valence-electron chi connectivity index (χ4n) is 2.23. The molecule has 0 atom stereocenters. The first kappa shape index (κ1) is 15.4. The van der Waals surface area contributed by atoms with Crippen molar-refractivity contribution in [2.24, 2.45) is 5.92 Å². The molecule has 0 heterocycles. The van der Waals surface area contributed by atoms with Gasteiger partial charge in [-0.25, -0.2) is 4.79 Å². The van der Waals surface area contributed by atoms with Crippen molar-refractivity contribution in [2.75, 3.05) is 18.0 Å². The number of carbonyl (C=O) groups is 2. The van der Waals surface area contributed by atoms with Gasteiger partial charge in [-0.1, -0.05) is 30.5 Å². The van der Waals surface area contributed by atoms with E-state index in [9.17, 15) is 9.59 Å². The van der Waals surface area contributed by atoms with Gasteiger partial charge >= 0.3 is 12.0 Å². The number of urea groups is 1. The van der Waals surface area contributed by atoms with Gasteiger partial charge in [0.15, 0.2) is 0 Å². The summed E-state index contributed by atoms with van der Waals surface area (Å²) < 4.78 is 0. The highest BCUT2D eigenvalue weighted by Gasteiger charge is 2.21. The van der Waals surface area contributed by atoms with E-state index in [2.05, 4.69) is 5.32 Å². The van der Waals surface area contributed by atoms with Crippen LogP contribution in [0.4, 0.5) is 10.5 Å². The number of aryl methyl sites for hydroxylation is 1. The highest BCUT2D eigenvalue weighted by molar-refractivity contribution is 5.96. The van der Waals surface area contributed by atoms with Crippen molar-refractivity contribution in [3.05, 3.63) is 29.8 Å². The molecule has 0 bridgehead atoms. The zero-order chi connectivity index (χ0) is 15.2. The van der Waals surface area contributed by atoms with E-state index in [-0.39, 0.29) is 12.6 Å². The minimum absolute atomic E-state index is 0.336. The number of hydrogen-bond donors (Lipinski definition) is 2. The SMILES string of the molecule is Cc1ccc(N(CC(=O)O)C(=O)NCCCC2CC2)cc1. The van der Waals surface area contributed by atoms with Crippen LogP contribution >= 0.6 is 0 Å². The van der Waals surface area contributed by atoms with E-state index in [4.69, 9.17) is 5.11 Å². The molecule has 21 heavy (non-hydrogen) atoms. The number of carbonyl (C=O) groups excluding carboxylic acids is 1. The molecule has 2 rings (SSSR count). The number of nitrogens with one attached hydrogen (secondary N) is 1. The van der Waals surface area contributed by atoms with Crippen LogP contribution in [0.25, 0.3) is 0 Å². The van der Waals surface area contributed by atoms with E-state index >= 15 is 0 Å². The Labute approximate surface area is 125 Å². The summed E-state index contributed by atoms with van der Waals surface area (Å²) in [5.41, 5.74) is 1.67. The van der Waals surface area contributed by atoms with Crippen LogP contribution in [-0.2, 0) is 4.79 Å². The van der Waals surface area contributed by atoms with Crippen molar-refractivity contribution >= 4 is 17.7 Å². The molecule has 0 saturated heterocycles. The molecule has 2 amide bonds. The van der Waals surface area contributed by atoms with Crippen LogP contribution in [0, 0.1) is 12.8 Å². The van der Waals surface area contributed by atoms with Gasteiger partial charge in [-0.2, -0.15) is 0 Å². The molecule has 0 aromatic heterocycles. The Kier molecular flexibility index (Phi) is 5.20. The maximum Gasteiger partial charge on any atom is 0.323 e. The molecule has 1 aromatic carbocycles. The lowest BCUT2D eigenvalue weighted by atomic mass is 10.2. The molecule has 0 radical (unpaired) electrons. The summed E-state index contributed by atoms with van der Waals surface area (Å²) in [5.74, 6) is -0.183. The van der Waals surface area contributed by atoms with Crippen LogP contribution in [0.15, 0.2) is 24.3 Å². The third-order valence-corrected chi connectivity index (χ3v) is 3.65. The van der Waals surface area contributed by atoms with E-state index in [1.165, 1.54) is 17.7 Å². The smallest absolute Gasteiger partial charge is 0.323 e. The lowest BCUT2D eigenvalue weighted by Gasteiger charge is -2.21. The number of rotatable bonds is 7. The van der Waals surface area contributed by atoms with Crippen molar-refractivity contribution in [2.45, 2.75) is 32.6 Å². The predicted octanol–water partition coefficient (Wildman–Crippen LogP) is 2.79. The van der Waals surface area contributed by atoms with Gasteiger partial charge in [0.05, 0.1) is 0 Å². The highest BCUT2D eigenvalue weighted by atomic mass is 16.4. The molecular weight excluding hydrogens is 268 g/mol. The summed E-state index contributed by atoms with van der Waals surface area (Å²) in [5, 5.41) is 11.8. The molecule has 5 heteroatoms. The van der Waals surface area contributed by atoms with Crippen LogP contribution in [0.5, 0.6) is 0 Å². The number of amides is 2. The number of hydrogen-bond acceptors (Lipinski definition) is 2. The second-order valence-electron chi connectivity index (χ2n) is 5.63. The average molecular weight is 290 g/mol. The Morgan fingerprint density at radius 3 is 2.52 bits per heavy atom. The number of carboxylic acid groups (broad SMARTS) is 1. The number of carboxylic acids is 1. The van der Waals surface area contributed by atoms with Gasteiger partial charge in [-0.3, -0.25) is 9.69 Å². The van der Waals surface area contributed by atoms with Crippen molar-refractivity contribution in [1.82, 2.24) is 5.32 Å². The third kappa shape index (κ3) is 5.10. The Morgan fingerprint density at radius 1 is 1.29 bits per heavy atom. The number of nitrogens with zero attached hydrogens (tertiary/aromatic N) is 1. The van der Waals surface area contributed by atoms with Gasteiger partial charge in [-0.05, 0) is 37.8 Å². The first-order valence-electron chi connectivity index (χ1n) is 7.40. The van der Waals surface area contributed by atoms with Gasteiger partial charge in [0, 0.05) is 12.2 Å². The second-order valence-corrected chi connectivity index (χ2v) is 5.63. The minimum atomic E-state index is -1.02. The zero-order valence-electron chi connectivity index (χ0n) is 12.3. The largest absolute Gasteiger partial charge is 0.480 e. The lowest BCUT2D eigenvalue weighted by molar-refractivity contribution is -0.135. The van der Waals surface area contributed by atoms with E-state index in [1.807, 2.05) is 19.1 Å². The van der Waals surface area contributed by atoms with Crippen LogP contribution in [-0.4, -0.2) is 30.2 Å². The fraction of sp³-hybridized carbons (Fsp3) is 0.500. The van der Waals surface area contributed by atoms with Crippen LogP contribution < -0.4 is 10.2 Å². The average Bonchev–Trinajstić information content (AvgIpc) is 3.26.